The third-order valence-electron chi connectivity index (χ3n) is 11.8. The lowest BCUT2D eigenvalue weighted by Gasteiger charge is -2.42. The van der Waals surface area contributed by atoms with Gasteiger partial charge in [-0.25, -0.2) is 4.79 Å². The third-order valence-corrected chi connectivity index (χ3v) is 11.8. The molecule has 4 amide bonds. The van der Waals surface area contributed by atoms with E-state index in [1.165, 1.54) is 7.11 Å². The highest BCUT2D eigenvalue weighted by Gasteiger charge is 2.44. The van der Waals surface area contributed by atoms with E-state index in [0.717, 1.165) is 5.56 Å². The van der Waals surface area contributed by atoms with Crippen LogP contribution in [0, 0.1) is 23.7 Å². The highest BCUT2D eigenvalue weighted by Crippen LogP contribution is 2.30. The Balaban J connectivity index is 2.30. The smallest absolute Gasteiger partial charge is 0.326 e. The number of carboxylic acids is 1. The van der Waals surface area contributed by atoms with Gasteiger partial charge in [0.15, 0.2) is 0 Å². The molecule has 1 heterocycles. The highest BCUT2D eigenvalue weighted by molar-refractivity contribution is 5.90. The number of ether oxygens (including phenoxy) is 2. The molecule has 13 nitrogen and oxygen atoms in total. The fraction of sp³-hybridized carbons (Fsp3) is 0.744. The van der Waals surface area contributed by atoms with Gasteiger partial charge in [0.2, 0.25) is 23.6 Å². The number of rotatable bonds is 21. The van der Waals surface area contributed by atoms with Crippen molar-refractivity contribution in [1.82, 2.24) is 25.3 Å². The predicted molar refractivity (Wildman–Crippen MR) is 219 cm³/mol. The van der Waals surface area contributed by atoms with Crippen LogP contribution in [0.5, 0.6) is 0 Å². The number of likely N-dealkylation sites (tertiary alicyclic amines) is 1. The van der Waals surface area contributed by atoms with Gasteiger partial charge < -0.3 is 35.0 Å². The summed E-state index contributed by atoms with van der Waals surface area (Å²) in [5.74, 6) is -3.26. The number of hydrogen-bond donors (Lipinski definition) is 3. The van der Waals surface area contributed by atoms with Gasteiger partial charge >= 0.3 is 5.97 Å². The van der Waals surface area contributed by atoms with E-state index in [1.807, 2.05) is 83.8 Å². The zero-order chi connectivity index (χ0) is 42.7. The van der Waals surface area contributed by atoms with E-state index in [2.05, 4.69) is 31.4 Å². The lowest BCUT2D eigenvalue weighted by Crippen LogP contribution is -2.61. The number of aliphatic carboxylic acids is 1. The number of likely N-dealkylation sites (N-methyl/N-ethyl adjacent to an activating group) is 2. The second kappa shape index (κ2) is 21.8. The van der Waals surface area contributed by atoms with E-state index >= 15 is 0 Å². The first-order valence-corrected chi connectivity index (χ1v) is 20.3. The molecule has 1 aromatic carbocycles. The molecule has 13 heteroatoms. The summed E-state index contributed by atoms with van der Waals surface area (Å²) in [7, 11) is 6.70. The van der Waals surface area contributed by atoms with Crippen molar-refractivity contribution in [3.05, 3.63) is 35.9 Å². The summed E-state index contributed by atoms with van der Waals surface area (Å²) < 4.78 is 11.9. The van der Waals surface area contributed by atoms with Crippen LogP contribution in [0.4, 0.5) is 0 Å². The van der Waals surface area contributed by atoms with Gasteiger partial charge in [-0.1, -0.05) is 85.2 Å². The van der Waals surface area contributed by atoms with Crippen molar-refractivity contribution < 1.29 is 38.6 Å². The van der Waals surface area contributed by atoms with Gasteiger partial charge in [0.25, 0.3) is 0 Å². The van der Waals surface area contributed by atoms with Crippen LogP contribution in [0.1, 0.15) is 100 Å². The van der Waals surface area contributed by atoms with Crippen molar-refractivity contribution in [3.8, 4) is 0 Å². The van der Waals surface area contributed by atoms with Gasteiger partial charge in [-0.15, -0.1) is 0 Å². The first kappa shape index (κ1) is 48.6. The van der Waals surface area contributed by atoms with E-state index in [1.54, 1.807) is 30.9 Å². The van der Waals surface area contributed by atoms with Gasteiger partial charge in [0.1, 0.15) is 12.1 Å². The predicted octanol–water partition coefficient (Wildman–Crippen LogP) is 4.61. The molecule has 0 spiro atoms. The second-order valence-electron chi connectivity index (χ2n) is 17.4. The number of amides is 4. The fourth-order valence-electron chi connectivity index (χ4n) is 7.97. The Labute approximate surface area is 336 Å². The number of benzene rings is 1. The Kier molecular flexibility index (Phi) is 18.9. The van der Waals surface area contributed by atoms with Crippen LogP contribution in [0.3, 0.4) is 0 Å². The summed E-state index contributed by atoms with van der Waals surface area (Å²) in [5.41, 5.74) is 0.515. The standard InChI is InChI=1S/C43H73N5O8/c1-15-28(6)37(46(11)41(52)35(26(2)3)45-40(51)36(27(4)5)47(12)43(8,9)10)33(55-13)25-34(49)48-23-19-22-32(48)38(56-14)29(7)39(50)44-31(42(53)54)24-30-20-17-16-18-21-30/h16-18,20-21,26-29,31-33,35-38H,15,19,22-25H2,1-14H3,(H,44,50)(H,45,51)(H,53,54). The lowest BCUT2D eigenvalue weighted by atomic mass is 9.89. The molecule has 1 saturated heterocycles. The number of hydrogen-bond acceptors (Lipinski definition) is 8. The summed E-state index contributed by atoms with van der Waals surface area (Å²) in [6, 6.07) is 5.82. The van der Waals surface area contributed by atoms with Crippen molar-refractivity contribution in [2.45, 2.75) is 149 Å². The molecule has 0 aliphatic carbocycles. The number of nitrogens with one attached hydrogen (secondary N) is 2. The van der Waals surface area contributed by atoms with E-state index < -0.39 is 60.2 Å². The van der Waals surface area contributed by atoms with Gasteiger partial charge in [-0.2, -0.15) is 0 Å². The molecule has 2 rings (SSSR count). The molecule has 0 saturated carbocycles. The summed E-state index contributed by atoms with van der Waals surface area (Å²) in [6.45, 7) is 20.2. The molecule has 0 aromatic heterocycles. The maximum absolute atomic E-state index is 14.4. The van der Waals surface area contributed by atoms with Gasteiger partial charge in [-0.3, -0.25) is 24.1 Å². The summed E-state index contributed by atoms with van der Waals surface area (Å²) in [6.07, 6.45) is 0.792. The average molecular weight is 788 g/mol. The summed E-state index contributed by atoms with van der Waals surface area (Å²) in [5, 5.41) is 15.7. The zero-order valence-corrected chi connectivity index (χ0v) is 36.6. The first-order valence-electron chi connectivity index (χ1n) is 20.3. The number of carbonyl (C=O) groups excluding carboxylic acids is 4. The molecular weight excluding hydrogens is 714 g/mol. The molecule has 3 N–H and O–H groups in total. The molecular formula is C43H73N5O8. The molecule has 1 aromatic rings. The molecule has 1 fully saturated rings. The maximum Gasteiger partial charge on any atom is 0.326 e. The number of carbonyl (C=O) groups is 5. The fourth-order valence-corrected chi connectivity index (χ4v) is 7.97. The molecule has 9 unspecified atom stereocenters. The van der Waals surface area contributed by atoms with Gasteiger partial charge in [-0.05, 0) is 64.0 Å². The Hall–Kier alpha value is -3.55. The minimum absolute atomic E-state index is 0.00222. The van der Waals surface area contributed by atoms with Crippen molar-refractivity contribution in [2.24, 2.45) is 23.7 Å². The summed E-state index contributed by atoms with van der Waals surface area (Å²) in [4.78, 5) is 73.6. The largest absolute Gasteiger partial charge is 0.480 e. The molecule has 9 atom stereocenters. The van der Waals surface area contributed by atoms with Crippen LogP contribution >= 0.6 is 0 Å². The minimum Gasteiger partial charge on any atom is -0.480 e. The lowest BCUT2D eigenvalue weighted by molar-refractivity contribution is -0.148. The molecule has 318 valence electrons. The van der Waals surface area contributed by atoms with E-state index in [-0.39, 0.29) is 53.9 Å². The normalized spacial score (nSPS) is 19.2. The quantitative estimate of drug-likeness (QED) is 0.162. The molecule has 0 bridgehead atoms. The van der Waals surface area contributed by atoms with E-state index in [9.17, 15) is 29.1 Å². The van der Waals surface area contributed by atoms with Crippen molar-refractivity contribution in [1.29, 1.82) is 0 Å². The second-order valence-corrected chi connectivity index (χ2v) is 17.4. The van der Waals surface area contributed by atoms with Crippen molar-refractivity contribution in [3.63, 3.8) is 0 Å². The Morgan fingerprint density at radius 1 is 0.911 bits per heavy atom. The minimum atomic E-state index is -1.14. The number of methoxy groups -OCH3 is 2. The number of carboxylic acid groups (broad SMARTS) is 1. The van der Waals surface area contributed by atoms with E-state index in [0.29, 0.717) is 25.8 Å². The van der Waals surface area contributed by atoms with E-state index in [4.69, 9.17) is 9.47 Å². The molecule has 1 aliphatic heterocycles. The topological polar surface area (TPSA) is 158 Å². The van der Waals surface area contributed by atoms with Crippen LogP contribution in [-0.4, -0.2) is 132 Å². The average Bonchev–Trinajstić information content (AvgIpc) is 3.62. The van der Waals surface area contributed by atoms with Crippen LogP contribution in [0.15, 0.2) is 30.3 Å². The monoisotopic (exact) mass is 788 g/mol. The third kappa shape index (κ3) is 12.7. The van der Waals surface area contributed by atoms with Crippen molar-refractivity contribution >= 4 is 29.6 Å². The molecule has 1 aliphatic rings. The first-order chi connectivity index (χ1) is 26.1. The molecule has 0 radical (unpaired) electrons. The maximum atomic E-state index is 14.4. The van der Waals surface area contributed by atoms with Crippen LogP contribution in [0.25, 0.3) is 0 Å². The Morgan fingerprint density at radius 3 is 2.00 bits per heavy atom. The van der Waals surface area contributed by atoms with Crippen LogP contribution < -0.4 is 10.6 Å². The SMILES string of the molecule is CCC(C)C(C(CC(=O)N1CCCC1C(OC)C(C)C(=O)NC(Cc1ccccc1)C(=O)O)OC)N(C)C(=O)C(NC(=O)C(C(C)C)N(C)C(C)(C)C)C(C)C. The van der Waals surface area contributed by atoms with Gasteiger partial charge in [0, 0.05) is 39.8 Å². The van der Waals surface area contributed by atoms with Crippen LogP contribution in [-0.2, 0) is 39.9 Å². The number of nitrogens with zero attached hydrogens (tertiary/aromatic N) is 3. The summed E-state index contributed by atoms with van der Waals surface area (Å²) >= 11 is 0. The van der Waals surface area contributed by atoms with Crippen LogP contribution in [0.2, 0.25) is 0 Å². The van der Waals surface area contributed by atoms with Gasteiger partial charge in [0.05, 0.1) is 42.7 Å². The Morgan fingerprint density at radius 2 is 1.52 bits per heavy atom. The molecule has 56 heavy (non-hydrogen) atoms. The highest BCUT2D eigenvalue weighted by atomic mass is 16.5. The van der Waals surface area contributed by atoms with Crippen molar-refractivity contribution in [2.75, 3.05) is 34.9 Å². The zero-order valence-electron chi connectivity index (χ0n) is 36.6. The Bertz CT molecular complexity index is 1430.